The summed E-state index contributed by atoms with van der Waals surface area (Å²) in [5.41, 5.74) is 6.95. The molecule has 9 atom stereocenters. The minimum absolute atomic E-state index is 0.124. The standard InChI is InChI=1S/C24H44BrN7O2/c1-32-22(30-31-23(32)20-7-9-26-14-28-20)13-27-17-4-2-3-15(11-17)24(33)29-19-8-10-34-21-12-16(25)5-6-18(19)21/h15-23,26-28,30-31H,2-14H2,1H3,(H,29,33)/t15?,16?,17?,18?,19-,20?,21?,22?,23?/m1/s1. The molecule has 3 heterocycles. The second-order valence-corrected chi connectivity index (χ2v) is 12.3. The first-order valence-electron chi connectivity index (χ1n) is 13.5. The summed E-state index contributed by atoms with van der Waals surface area (Å²) >= 11 is 3.76. The molecule has 0 aromatic heterocycles. The first kappa shape index (κ1) is 25.3. The van der Waals surface area contributed by atoms with Gasteiger partial charge in [-0.05, 0) is 65.0 Å². The number of halogens is 1. The Morgan fingerprint density at radius 2 is 2.03 bits per heavy atom. The van der Waals surface area contributed by atoms with Gasteiger partial charge in [-0.1, -0.05) is 22.4 Å². The molecule has 0 bridgehead atoms. The largest absolute Gasteiger partial charge is 0.378 e. The molecule has 0 aromatic rings. The zero-order valence-corrected chi connectivity index (χ0v) is 22.1. The summed E-state index contributed by atoms with van der Waals surface area (Å²) < 4.78 is 6.05. The smallest absolute Gasteiger partial charge is 0.223 e. The van der Waals surface area contributed by atoms with Crippen molar-refractivity contribution in [1.82, 2.24) is 37.0 Å². The number of amides is 1. The second kappa shape index (κ2) is 11.8. The highest BCUT2D eigenvalue weighted by Gasteiger charge is 2.40. The average molecular weight is 543 g/mol. The van der Waals surface area contributed by atoms with E-state index in [9.17, 15) is 4.79 Å². The predicted octanol–water partition coefficient (Wildman–Crippen LogP) is 0.573. The SMILES string of the molecule is CN1C(CNC2CCCC(C(=O)N[C@@H]3CCOC4CC(Br)CCC43)C2)NNC1C1CCNCN1. The molecule has 5 fully saturated rings. The highest BCUT2D eigenvalue weighted by atomic mass is 79.9. The van der Waals surface area contributed by atoms with E-state index < -0.39 is 0 Å². The van der Waals surface area contributed by atoms with Crippen molar-refractivity contribution < 1.29 is 9.53 Å². The normalized spacial score (nSPS) is 43.9. The van der Waals surface area contributed by atoms with Gasteiger partial charge in [-0.25, -0.2) is 10.9 Å². The third kappa shape index (κ3) is 5.96. The number of nitrogens with one attached hydrogen (secondary N) is 6. The van der Waals surface area contributed by atoms with Crippen LogP contribution in [-0.2, 0) is 9.53 Å². The van der Waals surface area contributed by atoms with E-state index in [1.807, 2.05) is 0 Å². The van der Waals surface area contributed by atoms with E-state index >= 15 is 0 Å². The number of hydrogen-bond donors (Lipinski definition) is 6. The summed E-state index contributed by atoms with van der Waals surface area (Å²) in [5.74, 6) is 0.870. The molecule has 34 heavy (non-hydrogen) atoms. The summed E-state index contributed by atoms with van der Waals surface area (Å²) in [6.45, 7) is 3.58. The van der Waals surface area contributed by atoms with Gasteiger partial charge in [0.15, 0.2) is 0 Å². The molecule has 6 N–H and O–H groups in total. The number of rotatable bonds is 6. The maximum Gasteiger partial charge on any atom is 0.223 e. The van der Waals surface area contributed by atoms with Crippen molar-refractivity contribution in [1.29, 1.82) is 0 Å². The average Bonchev–Trinajstić information content (AvgIpc) is 3.23. The van der Waals surface area contributed by atoms with E-state index in [0.717, 1.165) is 77.7 Å². The van der Waals surface area contributed by atoms with Crippen molar-refractivity contribution in [2.24, 2.45) is 11.8 Å². The van der Waals surface area contributed by atoms with Crippen LogP contribution < -0.4 is 32.1 Å². The van der Waals surface area contributed by atoms with Crippen LogP contribution in [0.4, 0.5) is 0 Å². The number of hydrogen-bond acceptors (Lipinski definition) is 8. The molecular weight excluding hydrogens is 498 g/mol. The van der Waals surface area contributed by atoms with Gasteiger partial charge in [-0.3, -0.25) is 15.0 Å². The highest BCUT2D eigenvalue weighted by Crippen LogP contribution is 2.37. The zero-order chi connectivity index (χ0) is 23.5. The molecule has 9 nitrogen and oxygen atoms in total. The fourth-order valence-electron chi connectivity index (χ4n) is 6.77. The van der Waals surface area contributed by atoms with Crippen LogP contribution in [0.3, 0.4) is 0 Å². The predicted molar refractivity (Wildman–Crippen MR) is 136 cm³/mol. The molecule has 5 rings (SSSR count). The lowest BCUT2D eigenvalue weighted by atomic mass is 9.78. The number of carbonyl (C=O) groups is 1. The number of fused-ring (bicyclic) bond motifs is 1. The van der Waals surface area contributed by atoms with E-state index in [0.29, 0.717) is 35.1 Å². The maximum absolute atomic E-state index is 13.2. The van der Waals surface area contributed by atoms with E-state index in [4.69, 9.17) is 4.74 Å². The molecule has 0 aromatic carbocycles. The van der Waals surface area contributed by atoms with Crippen LogP contribution in [0.5, 0.6) is 0 Å². The second-order valence-electron chi connectivity index (χ2n) is 11.0. The van der Waals surface area contributed by atoms with E-state index in [1.54, 1.807) is 0 Å². The van der Waals surface area contributed by atoms with Gasteiger partial charge in [-0.15, -0.1) is 0 Å². The van der Waals surface area contributed by atoms with E-state index in [2.05, 4.69) is 60.0 Å². The van der Waals surface area contributed by atoms with Gasteiger partial charge in [0.1, 0.15) is 0 Å². The summed E-state index contributed by atoms with van der Waals surface area (Å²) in [6.07, 6.45) is 10.5. The van der Waals surface area contributed by atoms with Gasteiger partial charge < -0.3 is 20.7 Å². The quantitative estimate of drug-likeness (QED) is 0.271. The first-order chi connectivity index (χ1) is 16.6. The Balaban J connectivity index is 1.07. The summed E-state index contributed by atoms with van der Waals surface area (Å²) in [5, 5.41) is 14.2. The minimum atomic E-state index is 0.124. The van der Waals surface area contributed by atoms with Crippen LogP contribution in [0, 0.1) is 11.8 Å². The Labute approximate surface area is 212 Å². The lowest BCUT2D eigenvalue weighted by molar-refractivity contribution is -0.130. The highest BCUT2D eigenvalue weighted by molar-refractivity contribution is 9.09. The van der Waals surface area contributed by atoms with Crippen LogP contribution in [0.1, 0.15) is 57.8 Å². The van der Waals surface area contributed by atoms with Crippen molar-refractivity contribution >= 4 is 21.8 Å². The van der Waals surface area contributed by atoms with Gasteiger partial charge in [0, 0.05) is 54.6 Å². The molecule has 8 unspecified atom stereocenters. The number of hydrazine groups is 1. The molecule has 2 saturated carbocycles. The minimum Gasteiger partial charge on any atom is -0.378 e. The number of ether oxygens (including phenoxy) is 1. The number of nitrogens with zero attached hydrogens (tertiary/aromatic N) is 1. The van der Waals surface area contributed by atoms with E-state index in [1.165, 1.54) is 6.42 Å². The van der Waals surface area contributed by atoms with Gasteiger partial charge in [0.2, 0.25) is 5.91 Å². The zero-order valence-electron chi connectivity index (χ0n) is 20.5. The molecule has 1 amide bonds. The Morgan fingerprint density at radius 1 is 1.12 bits per heavy atom. The molecule has 2 aliphatic carbocycles. The monoisotopic (exact) mass is 541 g/mol. The molecule has 10 heteroatoms. The summed E-state index contributed by atoms with van der Waals surface area (Å²) in [7, 11) is 2.19. The van der Waals surface area contributed by atoms with Gasteiger partial charge in [0.25, 0.3) is 0 Å². The molecule has 3 saturated heterocycles. The fourth-order valence-corrected chi connectivity index (χ4v) is 7.40. The Bertz CT molecular complexity index is 682. The Kier molecular flexibility index (Phi) is 8.80. The Morgan fingerprint density at radius 3 is 2.88 bits per heavy atom. The van der Waals surface area contributed by atoms with Crippen LogP contribution in [0.2, 0.25) is 0 Å². The van der Waals surface area contributed by atoms with Crippen molar-refractivity contribution in [3.63, 3.8) is 0 Å². The molecule has 0 spiro atoms. The van der Waals surface area contributed by atoms with Crippen molar-refractivity contribution in [2.45, 2.75) is 99.2 Å². The molecular formula is C24H44BrN7O2. The lowest BCUT2D eigenvalue weighted by Crippen LogP contribution is -2.58. The van der Waals surface area contributed by atoms with Gasteiger partial charge >= 0.3 is 0 Å². The van der Waals surface area contributed by atoms with Gasteiger partial charge in [-0.2, -0.15) is 0 Å². The van der Waals surface area contributed by atoms with Crippen molar-refractivity contribution in [3.8, 4) is 0 Å². The van der Waals surface area contributed by atoms with Crippen LogP contribution >= 0.6 is 15.9 Å². The van der Waals surface area contributed by atoms with Crippen molar-refractivity contribution in [2.75, 3.05) is 33.4 Å². The molecule has 0 radical (unpaired) electrons. The summed E-state index contributed by atoms with van der Waals surface area (Å²) in [6, 6.07) is 1.13. The molecule has 5 aliphatic rings. The Hall–Kier alpha value is -0.330. The number of carbonyl (C=O) groups excluding carboxylic acids is 1. The topological polar surface area (TPSA) is 102 Å². The fraction of sp³-hybridized carbons (Fsp3) is 0.958. The van der Waals surface area contributed by atoms with Crippen LogP contribution in [0.15, 0.2) is 0 Å². The number of alkyl halides is 1. The van der Waals surface area contributed by atoms with E-state index in [-0.39, 0.29) is 24.0 Å². The van der Waals surface area contributed by atoms with Crippen LogP contribution in [0.25, 0.3) is 0 Å². The third-order valence-corrected chi connectivity index (χ3v) is 9.69. The van der Waals surface area contributed by atoms with Crippen LogP contribution in [-0.4, -0.2) is 85.6 Å². The maximum atomic E-state index is 13.2. The molecule has 194 valence electrons. The summed E-state index contributed by atoms with van der Waals surface area (Å²) in [4.78, 5) is 16.2. The molecule has 3 aliphatic heterocycles. The third-order valence-electron chi connectivity index (χ3n) is 8.86. The lowest BCUT2D eigenvalue weighted by Gasteiger charge is -2.43. The first-order valence-corrected chi connectivity index (χ1v) is 14.5. The van der Waals surface area contributed by atoms with Gasteiger partial charge in [0.05, 0.1) is 18.4 Å². The number of likely N-dealkylation sites (N-methyl/N-ethyl adjacent to an activating group) is 1. The van der Waals surface area contributed by atoms with Crippen molar-refractivity contribution in [3.05, 3.63) is 0 Å².